The molecule has 0 aliphatic heterocycles. The zero-order valence-electron chi connectivity index (χ0n) is 16.0. The molecule has 4 rings (SSSR count). The predicted octanol–water partition coefficient (Wildman–Crippen LogP) is 4.36. The van der Waals surface area contributed by atoms with Gasteiger partial charge in [0.15, 0.2) is 0 Å². The molecule has 0 unspecified atom stereocenters. The van der Waals surface area contributed by atoms with Crippen LogP contribution in [-0.2, 0) is 0 Å². The van der Waals surface area contributed by atoms with Crippen LogP contribution in [-0.4, -0.2) is 35.5 Å². The van der Waals surface area contributed by atoms with Gasteiger partial charge in [0, 0.05) is 42.3 Å². The molecule has 0 saturated carbocycles. The van der Waals surface area contributed by atoms with E-state index in [9.17, 15) is 4.79 Å². The van der Waals surface area contributed by atoms with E-state index < -0.39 is 0 Å². The average molecular weight is 372 g/mol. The zero-order chi connectivity index (χ0) is 19.3. The highest BCUT2D eigenvalue weighted by atomic mass is 16.1. The number of hydrogen-bond acceptors (Lipinski definition) is 3. The lowest BCUT2D eigenvalue weighted by molar-refractivity contribution is 0.0949. The maximum Gasteiger partial charge on any atom is 0.267 e. The van der Waals surface area contributed by atoms with Crippen LogP contribution in [0, 0.1) is 0 Å². The SMILES string of the molecule is CCN(CCCNC(=O)c1cc2ccc3cccnc3c2[nH]1)c1ccccc1. The Bertz CT molecular complexity index is 1090. The lowest BCUT2D eigenvalue weighted by atomic mass is 10.1. The maximum atomic E-state index is 12.6. The van der Waals surface area contributed by atoms with Crippen LogP contribution in [0.25, 0.3) is 21.8 Å². The van der Waals surface area contributed by atoms with Crippen LogP contribution in [0.5, 0.6) is 0 Å². The molecule has 1 amide bonds. The number of benzene rings is 2. The molecule has 0 fully saturated rings. The van der Waals surface area contributed by atoms with Crippen molar-refractivity contribution < 1.29 is 4.79 Å². The first-order chi connectivity index (χ1) is 13.8. The summed E-state index contributed by atoms with van der Waals surface area (Å²) >= 11 is 0. The van der Waals surface area contributed by atoms with Gasteiger partial charge in [0.2, 0.25) is 0 Å². The van der Waals surface area contributed by atoms with E-state index in [1.54, 1.807) is 6.20 Å². The smallest absolute Gasteiger partial charge is 0.267 e. The molecule has 142 valence electrons. The van der Waals surface area contributed by atoms with Crippen molar-refractivity contribution in [3.8, 4) is 0 Å². The van der Waals surface area contributed by atoms with E-state index in [1.807, 2.05) is 48.5 Å². The third-order valence-corrected chi connectivity index (χ3v) is 5.00. The second-order valence-corrected chi connectivity index (χ2v) is 6.81. The summed E-state index contributed by atoms with van der Waals surface area (Å²) in [5.41, 5.74) is 3.58. The Balaban J connectivity index is 1.38. The minimum Gasteiger partial charge on any atom is -0.372 e. The number of amides is 1. The number of aromatic amines is 1. The average Bonchev–Trinajstić information content (AvgIpc) is 3.19. The Morgan fingerprint density at radius 2 is 1.89 bits per heavy atom. The van der Waals surface area contributed by atoms with E-state index >= 15 is 0 Å². The lowest BCUT2D eigenvalue weighted by Gasteiger charge is -2.23. The highest BCUT2D eigenvalue weighted by Gasteiger charge is 2.11. The van der Waals surface area contributed by atoms with Crippen LogP contribution in [0.2, 0.25) is 0 Å². The van der Waals surface area contributed by atoms with Gasteiger partial charge in [0.05, 0.1) is 11.0 Å². The van der Waals surface area contributed by atoms with Gasteiger partial charge in [0.1, 0.15) is 5.69 Å². The highest BCUT2D eigenvalue weighted by molar-refractivity contribution is 6.07. The second kappa shape index (κ2) is 8.13. The molecule has 28 heavy (non-hydrogen) atoms. The molecule has 2 aromatic heterocycles. The van der Waals surface area contributed by atoms with Gasteiger partial charge in [-0.25, -0.2) is 0 Å². The third-order valence-electron chi connectivity index (χ3n) is 5.00. The number of carbonyl (C=O) groups excluding carboxylic acids is 1. The molecule has 2 N–H and O–H groups in total. The van der Waals surface area contributed by atoms with Gasteiger partial charge in [-0.1, -0.05) is 36.4 Å². The van der Waals surface area contributed by atoms with Gasteiger partial charge in [-0.15, -0.1) is 0 Å². The van der Waals surface area contributed by atoms with Crippen molar-refractivity contribution in [2.24, 2.45) is 0 Å². The minimum absolute atomic E-state index is 0.0805. The predicted molar refractivity (Wildman–Crippen MR) is 115 cm³/mol. The fourth-order valence-electron chi connectivity index (χ4n) is 3.54. The molecule has 4 aromatic rings. The number of nitrogens with one attached hydrogen (secondary N) is 2. The summed E-state index contributed by atoms with van der Waals surface area (Å²) in [6, 6.07) is 20.2. The van der Waals surface area contributed by atoms with Gasteiger partial charge in [-0.05, 0) is 37.6 Å². The lowest BCUT2D eigenvalue weighted by Crippen LogP contribution is -2.30. The standard InChI is InChI=1S/C23H24N4O/c1-2-27(19-9-4-3-5-10-19)15-7-14-25-23(28)20-16-18-12-11-17-8-6-13-24-21(17)22(18)26-20/h3-6,8-13,16,26H,2,7,14-15H2,1H3,(H,25,28). The topological polar surface area (TPSA) is 61.0 Å². The molecule has 2 aromatic carbocycles. The third kappa shape index (κ3) is 3.69. The summed E-state index contributed by atoms with van der Waals surface area (Å²) in [5.74, 6) is -0.0805. The van der Waals surface area contributed by atoms with Crippen molar-refractivity contribution in [1.82, 2.24) is 15.3 Å². The number of anilines is 1. The summed E-state index contributed by atoms with van der Waals surface area (Å²) in [6.45, 7) is 4.63. The summed E-state index contributed by atoms with van der Waals surface area (Å²) in [4.78, 5) is 22.6. The summed E-state index contributed by atoms with van der Waals surface area (Å²) in [6.07, 6.45) is 2.66. The van der Waals surface area contributed by atoms with Crippen LogP contribution < -0.4 is 10.2 Å². The quantitative estimate of drug-likeness (QED) is 0.474. The van der Waals surface area contributed by atoms with E-state index in [0.717, 1.165) is 41.3 Å². The number of pyridine rings is 1. The Morgan fingerprint density at radius 3 is 2.71 bits per heavy atom. The van der Waals surface area contributed by atoms with Crippen LogP contribution in [0.4, 0.5) is 5.69 Å². The number of hydrogen-bond donors (Lipinski definition) is 2. The van der Waals surface area contributed by atoms with E-state index in [-0.39, 0.29) is 5.91 Å². The number of para-hydroxylation sites is 1. The van der Waals surface area contributed by atoms with Gasteiger partial charge >= 0.3 is 0 Å². The van der Waals surface area contributed by atoms with E-state index in [4.69, 9.17) is 0 Å². The van der Waals surface area contributed by atoms with Gasteiger partial charge in [-0.2, -0.15) is 0 Å². The fourth-order valence-corrected chi connectivity index (χ4v) is 3.54. The molecular weight excluding hydrogens is 348 g/mol. The molecule has 0 saturated heterocycles. The number of aromatic nitrogens is 2. The fraction of sp³-hybridized carbons (Fsp3) is 0.217. The van der Waals surface area contributed by atoms with Gasteiger partial charge in [0.25, 0.3) is 5.91 Å². The summed E-state index contributed by atoms with van der Waals surface area (Å²) in [5, 5.41) is 5.08. The highest BCUT2D eigenvalue weighted by Crippen LogP contribution is 2.23. The molecule has 2 heterocycles. The molecule has 0 aliphatic rings. The molecule has 0 atom stereocenters. The Labute approximate surface area is 164 Å². The molecule has 0 aliphatic carbocycles. The van der Waals surface area contributed by atoms with Crippen molar-refractivity contribution >= 4 is 33.4 Å². The van der Waals surface area contributed by atoms with Crippen LogP contribution in [0.15, 0.2) is 66.9 Å². The monoisotopic (exact) mass is 372 g/mol. The van der Waals surface area contributed by atoms with Crippen molar-refractivity contribution in [3.05, 3.63) is 72.6 Å². The molecule has 0 radical (unpaired) electrons. The van der Waals surface area contributed by atoms with Crippen molar-refractivity contribution in [2.75, 3.05) is 24.5 Å². The number of rotatable bonds is 7. The van der Waals surface area contributed by atoms with Gasteiger partial charge in [-0.3, -0.25) is 9.78 Å². The van der Waals surface area contributed by atoms with Crippen LogP contribution in [0.3, 0.4) is 0 Å². The largest absolute Gasteiger partial charge is 0.372 e. The van der Waals surface area contributed by atoms with E-state index in [2.05, 4.69) is 39.2 Å². The number of fused-ring (bicyclic) bond motifs is 3. The molecular formula is C23H24N4O. The molecule has 5 heteroatoms. The molecule has 0 spiro atoms. The van der Waals surface area contributed by atoms with Crippen LogP contribution >= 0.6 is 0 Å². The maximum absolute atomic E-state index is 12.6. The Kier molecular flexibility index (Phi) is 5.24. The van der Waals surface area contributed by atoms with Crippen molar-refractivity contribution in [3.63, 3.8) is 0 Å². The van der Waals surface area contributed by atoms with E-state index in [0.29, 0.717) is 12.2 Å². The number of nitrogens with zero attached hydrogens (tertiary/aromatic N) is 2. The first-order valence-electron chi connectivity index (χ1n) is 9.71. The second-order valence-electron chi connectivity index (χ2n) is 6.81. The molecule has 5 nitrogen and oxygen atoms in total. The molecule has 0 bridgehead atoms. The van der Waals surface area contributed by atoms with Crippen molar-refractivity contribution in [1.29, 1.82) is 0 Å². The first-order valence-corrected chi connectivity index (χ1v) is 9.71. The van der Waals surface area contributed by atoms with Gasteiger partial charge < -0.3 is 15.2 Å². The minimum atomic E-state index is -0.0805. The van der Waals surface area contributed by atoms with Crippen LogP contribution in [0.1, 0.15) is 23.8 Å². The number of carbonyl (C=O) groups is 1. The summed E-state index contributed by atoms with van der Waals surface area (Å²) < 4.78 is 0. The van der Waals surface area contributed by atoms with Crippen molar-refractivity contribution in [2.45, 2.75) is 13.3 Å². The Morgan fingerprint density at radius 1 is 1.07 bits per heavy atom. The normalized spacial score (nSPS) is 11.0. The zero-order valence-corrected chi connectivity index (χ0v) is 16.0. The summed E-state index contributed by atoms with van der Waals surface area (Å²) in [7, 11) is 0. The Hall–Kier alpha value is -3.34. The van der Waals surface area contributed by atoms with E-state index in [1.165, 1.54) is 5.69 Å². The first kappa shape index (κ1) is 18.0. The number of H-pyrrole nitrogens is 1.